The van der Waals surface area contributed by atoms with Crippen molar-refractivity contribution < 1.29 is 13.2 Å². The summed E-state index contributed by atoms with van der Waals surface area (Å²) >= 11 is 0. The lowest BCUT2D eigenvalue weighted by molar-refractivity contribution is 0.463. The molecule has 0 saturated carbocycles. The van der Waals surface area contributed by atoms with Crippen LogP contribution in [0.5, 0.6) is 0 Å². The quantitative estimate of drug-likeness (QED) is 0.870. The molecule has 1 aliphatic rings. The molecule has 0 spiro atoms. The van der Waals surface area contributed by atoms with Gasteiger partial charge < -0.3 is 5.32 Å². The molecule has 0 aliphatic heterocycles. The van der Waals surface area contributed by atoms with Crippen molar-refractivity contribution in [2.75, 3.05) is 7.05 Å². The third-order valence-electron chi connectivity index (χ3n) is 4.24. The number of fused-ring (bicyclic) bond motifs is 1. The van der Waals surface area contributed by atoms with E-state index in [4.69, 9.17) is 0 Å². The molecule has 1 N–H and O–H groups in total. The lowest BCUT2D eigenvalue weighted by Crippen LogP contribution is -2.24. The molecule has 0 fully saturated rings. The summed E-state index contributed by atoms with van der Waals surface area (Å²) in [4.78, 5) is 0. The van der Waals surface area contributed by atoms with Gasteiger partial charge in [0.05, 0.1) is 0 Å². The van der Waals surface area contributed by atoms with Crippen LogP contribution < -0.4 is 5.32 Å². The van der Waals surface area contributed by atoms with Gasteiger partial charge in [0.2, 0.25) is 0 Å². The van der Waals surface area contributed by atoms with Crippen LogP contribution >= 0.6 is 0 Å². The molecule has 21 heavy (non-hydrogen) atoms. The average molecular weight is 291 g/mol. The van der Waals surface area contributed by atoms with Crippen LogP contribution in [0.1, 0.15) is 41.5 Å². The topological polar surface area (TPSA) is 12.0 Å². The standard InChI is InChI=1S/C17H16F3N/c1-21-17-7-5-12(10-2-6-15(19)16(20)8-10)14-9-11(18)3-4-13(14)17/h2-4,6,8-9,12,17,21H,5,7H2,1H3. The first-order valence-corrected chi connectivity index (χ1v) is 7.01. The van der Waals surface area contributed by atoms with Gasteiger partial charge in [0.1, 0.15) is 5.82 Å². The van der Waals surface area contributed by atoms with Crippen LogP contribution in [0.4, 0.5) is 13.2 Å². The molecule has 4 heteroatoms. The fraction of sp³-hybridized carbons (Fsp3) is 0.294. The van der Waals surface area contributed by atoms with E-state index in [0.717, 1.165) is 30.0 Å². The number of hydrogen-bond donors (Lipinski definition) is 1. The van der Waals surface area contributed by atoms with Gasteiger partial charge in [-0.2, -0.15) is 0 Å². The summed E-state index contributed by atoms with van der Waals surface area (Å²) in [5.74, 6) is -2.13. The van der Waals surface area contributed by atoms with Crippen molar-refractivity contribution in [3.63, 3.8) is 0 Å². The molecular formula is C17H16F3N. The Hall–Kier alpha value is -1.81. The molecule has 0 radical (unpaired) electrons. The Labute approximate surface area is 121 Å². The highest BCUT2D eigenvalue weighted by atomic mass is 19.2. The first-order chi connectivity index (χ1) is 10.1. The van der Waals surface area contributed by atoms with E-state index in [1.807, 2.05) is 7.05 Å². The summed E-state index contributed by atoms with van der Waals surface area (Å²) in [6.07, 6.45) is 1.64. The fourth-order valence-corrected chi connectivity index (χ4v) is 3.18. The van der Waals surface area contributed by atoms with E-state index in [1.54, 1.807) is 12.1 Å². The maximum Gasteiger partial charge on any atom is 0.159 e. The molecule has 110 valence electrons. The molecule has 1 nitrogen and oxygen atoms in total. The monoisotopic (exact) mass is 291 g/mol. The third-order valence-corrected chi connectivity index (χ3v) is 4.24. The Morgan fingerprint density at radius 3 is 2.43 bits per heavy atom. The second-order valence-electron chi connectivity index (χ2n) is 5.42. The van der Waals surface area contributed by atoms with Crippen LogP contribution in [-0.4, -0.2) is 7.05 Å². The van der Waals surface area contributed by atoms with Crippen molar-refractivity contribution in [2.45, 2.75) is 24.8 Å². The number of rotatable bonds is 2. The Kier molecular flexibility index (Phi) is 3.72. The number of hydrogen-bond acceptors (Lipinski definition) is 1. The van der Waals surface area contributed by atoms with E-state index in [2.05, 4.69) is 5.32 Å². The molecule has 0 bridgehead atoms. The molecule has 0 amide bonds. The predicted octanol–water partition coefficient (Wildman–Crippen LogP) is 4.29. The normalized spacial score (nSPS) is 21.1. The van der Waals surface area contributed by atoms with Gasteiger partial charge in [-0.1, -0.05) is 12.1 Å². The minimum absolute atomic E-state index is 0.101. The summed E-state index contributed by atoms with van der Waals surface area (Å²) in [7, 11) is 1.87. The van der Waals surface area contributed by atoms with Gasteiger partial charge in [0.15, 0.2) is 11.6 Å². The fourth-order valence-electron chi connectivity index (χ4n) is 3.18. The molecule has 0 heterocycles. The molecule has 2 aromatic rings. The second-order valence-corrected chi connectivity index (χ2v) is 5.42. The van der Waals surface area contributed by atoms with Gasteiger partial charge in [-0.3, -0.25) is 0 Å². The van der Waals surface area contributed by atoms with E-state index < -0.39 is 11.6 Å². The maximum absolute atomic E-state index is 13.6. The van der Waals surface area contributed by atoms with E-state index in [1.165, 1.54) is 18.2 Å². The van der Waals surface area contributed by atoms with E-state index in [9.17, 15) is 13.2 Å². The molecule has 0 saturated heterocycles. The summed E-state index contributed by atoms with van der Waals surface area (Å²) in [6, 6.07) is 8.82. The van der Waals surface area contributed by atoms with E-state index in [0.29, 0.717) is 5.56 Å². The molecule has 2 unspecified atom stereocenters. The summed E-state index contributed by atoms with van der Waals surface area (Å²) in [6.45, 7) is 0. The third kappa shape index (κ3) is 2.56. The molecule has 2 aromatic carbocycles. The van der Waals surface area contributed by atoms with Crippen LogP contribution in [-0.2, 0) is 0 Å². The smallest absolute Gasteiger partial charge is 0.159 e. The van der Waals surface area contributed by atoms with Crippen LogP contribution in [0.15, 0.2) is 36.4 Å². The van der Waals surface area contributed by atoms with Crippen LogP contribution in [0.25, 0.3) is 0 Å². The Balaban J connectivity index is 2.08. The van der Waals surface area contributed by atoms with Crippen LogP contribution in [0.3, 0.4) is 0 Å². The highest BCUT2D eigenvalue weighted by molar-refractivity contribution is 5.42. The molecule has 1 aliphatic carbocycles. The van der Waals surface area contributed by atoms with E-state index in [-0.39, 0.29) is 17.8 Å². The molecular weight excluding hydrogens is 275 g/mol. The van der Waals surface area contributed by atoms with Crippen LogP contribution in [0.2, 0.25) is 0 Å². The van der Waals surface area contributed by atoms with Gasteiger partial charge >= 0.3 is 0 Å². The molecule has 0 aromatic heterocycles. The van der Waals surface area contributed by atoms with Crippen molar-refractivity contribution in [3.8, 4) is 0 Å². The Bertz CT molecular complexity index is 669. The van der Waals surface area contributed by atoms with Gasteiger partial charge in [-0.05, 0) is 60.8 Å². The van der Waals surface area contributed by atoms with Crippen molar-refractivity contribution >= 4 is 0 Å². The zero-order valence-corrected chi connectivity index (χ0v) is 11.7. The lowest BCUT2D eigenvalue weighted by Gasteiger charge is -2.32. The predicted molar refractivity (Wildman–Crippen MR) is 75.6 cm³/mol. The maximum atomic E-state index is 13.6. The SMILES string of the molecule is CNC1CCC(c2ccc(F)c(F)c2)c2cc(F)ccc21. The first kappa shape index (κ1) is 14.1. The van der Waals surface area contributed by atoms with Crippen molar-refractivity contribution in [2.24, 2.45) is 0 Å². The second kappa shape index (κ2) is 5.53. The summed E-state index contributed by atoms with van der Waals surface area (Å²) < 4.78 is 40.2. The first-order valence-electron chi connectivity index (χ1n) is 7.01. The number of benzene rings is 2. The summed E-state index contributed by atoms with van der Waals surface area (Å²) in [5.41, 5.74) is 2.57. The summed E-state index contributed by atoms with van der Waals surface area (Å²) in [5, 5.41) is 3.22. The largest absolute Gasteiger partial charge is 0.313 e. The number of halogens is 3. The molecule has 2 atom stereocenters. The highest BCUT2D eigenvalue weighted by Gasteiger charge is 2.28. The van der Waals surface area contributed by atoms with Crippen LogP contribution in [0, 0.1) is 17.5 Å². The zero-order chi connectivity index (χ0) is 15.0. The van der Waals surface area contributed by atoms with Crippen molar-refractivity contribution in [1.29, 1.82) is 0 Å². The molecule has 3 rings (SSSR count). The van der Waals surface area contributed by atoms with Crippen molar-refractivity contribution in [1.82, 2.24) is 5.32 Å². The lowest BCUT2D eigenvalue weighted by atomic mass is 9.76. The van der Waals surface area contributed by atoms with Gasteiger partial charge in [-0.15, -0.1) is 0 Å². The van der Waals surface area contributed by atoms with Gasteiger partial charge in [0.25, 0.3) is 0 Å². The zero-order valence-electron chi connectivity index (χ0n) is 11.7. The van der Waals surface area contributed by atoms with Crippen molar-refractivity contribution in [3.05, 3.63) is 70.5 Å². The van der Waals surface area contributed by atoms with Gasteiger partial charge in [-0.25, -0.2) is 13.2 Å². The number of nitrogens with one attached hydrogen (secondary N) is 1. The van der Waals surface area contributed by atoms with Gasteiger partial charge in [0, 0.05) is 12.0 Å². The minimum Gasteiger partial charge on any atom is -0.313 e. The Morgan fingerprint density at radius 2 is 1.71 bits per heavy atom. The minimum atomic E-state index is -0.860. The highest BCUT2D eigenvalue weighted by Crippen LogP contribution is 2.41. The average Bonchev–Trinajstić information content (AvgIpc) is 2.49. The van der Waals surface area contributed by atoms with E-state index >= 15 is 0 Å². The Morgan fingerprint density at radius 1 is 0.905 bits per heavy atom.